The Hall–Kier alpha value is -1.67. The summed E-state index contributed by atoms with van der Waals surface area (Å²) in [6.07, 6.45) is 0. The van der Waals surface area contributed by atoms with Gasteiger partial charge >= 0.3 is 5.97 Å². The third-order valence-electron chi connectivity index (χ3n) is 2.62. The molecule has 0 saturated heterocycles. The lowest BCUT2D eigenvalue weighted by Gasteiger charge is -2.07. The zero-order valence-corrected chi connectivity index (χ0v) is 14.0. The summed E-state index contributed by atoms with van der Waals surface area (Å²) in [4.78, 5) is 23.4. The van der Waals surface area contributed by atoms with E-state index in [-0.39, 0.29) is 5.02 Å². The number of halogens is 3. The first kappa shape index (κ1) is 16.7. The van der Waals surface area contributed by atoms with Crippen LogP contribution in [-0.4, -0.2) is 18.5 Å². The van der Waals surface area contributed by atoms with Crippen LogP contribution >= 0.6 is 34.2 Å². The van der Waals surface area contributed by atoms with E-state index in [1.165, 1.54) is 12.1 Å². The Morgan fingerprint density at radius 1 is 1.18 bits per heavy atom. The number of hydrogen-bond acceptors (Lipinski definition) is 3. The number of rotatable bonds is 4. The number of amides is 1. The number of esters is 1. The van der Waals surface area contributed by atoms with Crippen LogP contribution in [0.3, 0.4) is 0 Å². The quantitative estimate of drug-likeness (QED) is 0.588. The van der Waals surface area contributed by atoms with Gasteiger partial charge in [-0.15, -0.1) is 0 Å². The van der Waals surface area contributed by atoms with Gasteiger partial charge in [-0.3, -0.25) is 4.79 Å². The summed E-state index contributed by atoms with van der Waals surface area (Å²) >= 11 is 7.72. The first-order chi connectivity index (χ1) is 10.5. The lowest BCUT2D eigenvalue weighted by Crippen LogP contribution is -2.20. The molecule has 0 aliphatic rings. The van der Waals surface area contributed by atoms with E-state index in [2.05, 4.69) is 27.9 Å². The van der Waals surface area contributed by atoms with Gasteiger partial charge in [-0.25, -0.2) is 9.18 Å². The fourth-order valence-electron chi connectivity index (χ4n) is 1.57. The second kappa shape index (κ2) is 7.55. The van der Waals surface area contributed by atoms with Crippen molar-refractivity contribution in [3.8, 4) is 0 Å². The van der Waals surface area contributed by atoms with E-state index < -0.39 is 24.3 Å². The molecule has 114 valence electrons. The van der Waals surface area contributed by atoms with E-state index in [4.69, 9.17) is 16.3 Å². The summed E-state index contributed by atoms with van der Waals surface area (Å²) in [7, 11) is 0. The molecule has 1 N–H and O–H groups in total. The molecule has 2 rings (SSSR count). The van der Waals surface area contributed by atoms with Crippen molar-refractivity contribution < 1.29 is 18.7 Å². The molecular formula is C15H10ClFINO3. The molecule has 22 heavy (non-hydrogen) atoms. The minimum absolute atomic E-state index is 0.103. The zero-order chi connectivity index (χ0) is 16.1. The molecule has 0 saturated carbocycles. The third kappa shape index (κ3) is 4.67. The molecule has 0 unspecified atom stereocenters. The van der Waals surface area contributed by atoms with Crippen LogP contribution in [0, 0.1) is 9.39 Å². The normalized spacial score (nSPS) is 10.1. The minimum Gasteiger partial charge on any atom is -0.452 e. The van der Waals surface area contributed by atoms with Gasteiger partial charge in [-0.05, 0) is 65.1 Å². The van der Waals surface area contributed by atoms with Crippen LogP contribution in [-0.2, 0) is 9.53 Å². The highest BCUT2D eigenvalue weighted by Gasteiger charge is 2.11. The highest BCUT2D eigenvalue weighted by atomic mass is 127. The summed E-state index contributed by atoms with van der Waals surface area (Å²) in [6.45, 7) is -0.445. The van der Waals surface area contributed by atoms with Crippen LogP contribution in [0.25, 0.3) is 0 Å². The number of carbonyl (C=O) groups excluding carboxylic acids is 2. The van der Waals surface area contributed by atoms with Gasteiger partial charge in [0.2, 0.25) is 0 Å². The van der Waals surface area contributed by atoms with Gasteiger partial charge in [0.05, 0.1) is 10.6 Å². The fraction of sp³-hybridized carbons (Fsp3) is 0.0667. The highest BCUT2D eigenvalue weighted by Crippen LogP contribution is 2.19. The average Bonchev–Trinajstić information content (AvgIpc) is 2.49. The van der Waals surface area contributed by atoms with Crippen LogP contribution in [0.2, 0.25) is 5.02 Å². The van der Waals surface area contributed by atoms with E-state index >= 15 is 0 Å². The van der Waals surface area contributed by atoms with Gasteiger partial charge in [-0.2, -0.15) is 0 Å². The number of ether oxygens (including phenoxy) is 1. The summed E-state index contributed by atoms with van der Waals surface area (Å²) < 4.78 is 18.9. The maximum Gasteiger partial charge on any atom is 0.338 e. The predicted molar refractivity (Wildman–Crippen MR) is 89.5 cm³/mol. The van der Waals surface area contributed by atoms with E-state index in [0.717, 1.165) is 9.64 Å². The maximum atomic E-state index is 13.0. The predicted octanol–water partition coefficient (Wildman–Crippen LogP) is 3.88. The van der Waals surface area contributed by atoms with Crippen LogP contribution < -0.4 is 5.32 Å². The lowest BCUT2D eigenvalue weighted by atomic mass is 10.2. The SMILES string of the molecule is O=C(COC(=O)c1ccc(I)cc1)Nc1ccc(F)c(Cl)c1. The van der Waals surface area contributed by atoms with E-state index in [9.17, 15) is 14.0 Å². The second-order valence-corrected chi connectivity index (χ2v) is 5.91. The molecule has 0 heterocycles. The number of nitrogens with one attached hydrogen (secondary N) is 1. The molecule has 0 radical (unpaired) electrons. The molecule has 7 heteroatoms. The number of hydrogen-bond donors (Lipinski definition) is 1. The standard InChI is InChI=1S/C15H10ClFINO3/c16-12-7-11(5-6-13(12)17)19-14(20)8-22-15(21)9-1-3-10(18)4-2-9/h1-7H,8H2,(H,19,20). The van der Waals surface area contributed by atoms with E-state index in [0.29, 0.717) is 11.3 Å². The van der Waals surface area contributed by atoms with E-state index in [1.807, 2.05) is 0 Å². The number of benzene rings is 2. The van der Waals surface area contributed by atoms with Crippen molar-refractivity contribution in [1.29, 1.82) is 0 Å². The molecule has 0 spiro atoms. The van der Waals surface area contributed by atoms with Gasteiger partial charge in [0.1, 0.15) is 5.82 Å². The van der Waals surface area contributed by atoms with Gasteiger partial charge in [0, 0.05) is 9.26 Å². The van der Waals surface area contributed by atoms with Crippen LogP contribution in [0.15, 0.2) is 42.5 Å². The molecule has 0 aliphatic heterocycles. The molecule has 0 atom stereocenters. The van der Waals surface area contributed by atoms with Gasteiger partial charge in [0.15, 0.2) is 6.61 Å². The fourth-order valence-corrected chi connectivity index (χ4v) is 2.11. The van der Waals surface area contributed by atoms with Crippen LogP contribution in [0.5, 0.6) is 0 Å². The van der Waals surface area contributed by atoms with Gasteiger partial charge in [-0.1, -0.05) is 11.6 Å². The molecule has 0 fully saturated rings. The maximum absolute atomic E-state index is 13.0. The Balaban J connectivity index is 1.88. The molecule has 4 nitrogen and oxygen atoms in total. The Morgan fingerprint density at radius 3 is 2.50 bits per heavy atom. The van der Waals surface area contributed by atoms with Crippen LogP contribution in [0.1, 0.15) is 10.4 Å². The summed E-state index contributed by atoms with van der Waals surface area (Å²) in [5, 5.41) is 2.35. The average molecular weight is 434 g/mol. The Kier molecular flexibility index (Phi) is 5.73. The zero-order valence-electron chi connectivity index (χ0n) is 11.1. The number of anilines is 1. The van der Waals surface area contributed by atoms with Crippen molar-refractivity contribution in [3.63, 3.8) is 0 Å². The first-order valence-electron chi connectivity index (χ1n) is 6.13. The molecule has 0 aromatic heterocycles. The molecular weight excluding hydrogens is 424 g/mol. The van der Waals surface area contributed by atoms with Gasteiger partial charge < -0.3 is 10.1 Å². The van der Waals surface area contributed by atoms with Crippen molar-refractivity contribution in [2.24, 2.45) is 0 Å². The first-order valence-corrected chi connectivity index (χ1v) is 7.59. The topological polar surface area (TPSA) is 55.4 Å². The molecule has 0 bridgehead atoms. The Labute approximate surface area is 144 Å². The number of carbonyl (C=O) groups is 2. The highest BCUT2D eigenvalue weighted by molar-refractivity contribution is 14.1. The minimum atomic E-state index is -0.594. The monoisotopic (exact) mass is 433 g/mol. The summed E-state index contributed by atoms with van der Waals surface area (Å²) in [5.74, 6) is -1.71. The molecule has 1 amide bonds. The van der Waals surface area contributed by atoms with E-state index in [1.54, 1.807) is 24.3 Å². The van der Waals surface area contributed by atoms with Crippen molar-refractivity contribution in [3.05, 3.63) is 62.4 Å². The molecule has 2 aromatic carbocycles. The van der Waals surface area contributed by atoms with Crippen LogP contribution in [0.4, 0.5) is 10.1 Å². The smallest absolute Gasteiger partial charge is 0.338 e. The Morgan fingerprint density at radius 2 is 1.86 bits per heavy atom. The van der Waals surface area contributed by atoms with Crippen molar-refractivity contribution in [2.75, 3.05) is 11.9 Å². The van der Waals surface area contributed by atoms with Crippen molar-refractivity contribution in [2.45, 2.75) is 0 Å². The second-order valence-electron chi connectivity index (χ2n) is 4.26. The van der Waals surface area contributed by atoms with Crippen molar-refractivity contribution >= 4 is 51.8 Å². The lowest BCUT2D eigenvalue weighted by molar-refractivity contribution is -0.119. The van der Waals surface area contributed by atoms with Gasteiger partial charge in [0.25, 0.3) is 5.91 Å². The van der Waals surface area contributed by atoms with Crippen molar-refractivity contribution in [1.82, 2.24) is 0 Å². The summed E-state index contributed by atoms with van der Waals surface area (Å²) in [6, 6.07) is 10.5. The largest absolute Gasteiger partial charge is 0.452 e. The molecule has 2 aromatic rings. The molecule has 0 aliphatic carbocycles. The third-order valence-corrected chi connectivity index (χ3v) is 3.63. The summed E-state index contributed by atoms with van der Waals surface area (Å²) in [5.41, 5.74) is 0.680. The Bertz CT molecular complexity index is 706.